The van der Waals surface area contributed by atoms with Gasteiger partial charge in [-0.1, -0.05) is 44.2 Å². The molecule has 5 heteroatoms. The van der Waals surface area contributed by atoms with Gasteiger partial charge in [-0.05, 0) is 31.4 Å². The van der Waals surface area contributed by atoms with Crippen LogP contribution in [-0.4, -0.2) is 29.8 Å². The minimum absolute atomic E-state index is 0.0374. The first-order chi connectivity index (χ1) is 12.4. The number of rotatable bonds is 8. The van der Waals surface area contributed by atoms with Crippen molar-refractivity contribution in [3.8, 4) is 0 Å². The van der Waals surface area contributed by atoms with E-state index in [1.54, 1.807) is 17.9 Å². The second kappa shape index (κ2) is 9.22. The van der Waals surface area contributed by atoms with Crippen molar-refractivity contribution in [2.24, 2.45) is 5.92 Å². The molecule has 1 aromatic carbocycles. The van der Waals surface area contributed by atoms with Crippen molar-refractivity contribution in [1.29, 1.82) is 0 Å². The fraction of sp³-hybridized carbons (Fsp3) is 0.429. The Balaban J connectivity index is 2.10. The molecule has 2 aromatic rings. The highest BCUT2D eigenvalue weighted by atomic mass is 16.3. The number of aryl methyl sites for hydroxylation is 2. The van der Waals surface area contributed by atoms with Crippen molar-refractivity contribution < 1.29 is 14.0 Å². The number of hydrogen-bond acceptors (Lipinski definition) is 3. The summed E-state index contributed by atoms with van der Waals surface area (Å²) in [6.07, 6.45) is 0.279. The van der Waals surface area contributed by atoms with Crippen LogP contribution in [0.5, 0.6) is 0 Å². The Kier molecular flexibility index (Phi) is 7.01. The van der Waals surface area contributed by atoms with Crippen molar-refractivity contribution in [2.75, 3.05) is 13.1 Å². The number of furan rings is 1. The van der Waals surface area contributed by atoms with Crippen molar-refractivity contribution in [3.63, 3.8) is 0 Å². The van der Waals surface area contributed by atoms with E-state index < -0.39 is 0 Å². The van der Waals surface area contributed by atoms with Crippen LogP contribution in [0.4, 0.5) is 0 Å². The molecule has 0 saturated carbocycles. The number of nitrogens with one attached hydrogen (secondary N) is 1. The lowest BCUT2D eigenvalue weighted by atomic mass is 10.1. The van der Waals surface area contributed by atoms with Crippen LogP contribution in [-0.2, 0) is 11.3 Å². The van der Waals surface area contributed by atoms with Gasteiger partial charge in [0.05, 0.1) is 5.56 Å². The molecule has 1 heterocycles. The molecule has 0 aliphatic carbocycles. The number of carbonyl (C=O) groups excluding carboxylic acids is 2. The Labute approximate surface area is 155 Å². The lowest BCUT2D eigenvalue weighted by Crippen LogP contribution is -2.35. The van der Waals surface area contributed by atoms with E-state index in [0.717, 1.165) is 5.56 Å². The van der Waals surface area contributed by atoms with Gasteiger partial charge >= 0.3 is 0 Å². The van der Waals surface area contributed by atoms with Crippen molar-refractivity contribution >= 4 is 11.8 Å². The fourth-order valence-corrected chi connectivity index (χ4v) is 2.71. The molecule has 0 bridgehead atoms. The Morgan fingerprint density at radius 2 is 1.85 bits per heavy atom. The SMILES string of the molecule is Cc1cc(C(=O)N(CCC(=O)NCC(C)C)Cc2ccccc2)c(C)o1. The predicted molar refractivity (Wildman–Crippen MR) is 102 cm³/mol. The summed E-state index contributed by atoms with van der Waals surface area (Å²) in [5.41, 5.74) is 1.59. The van der Waals surface area contributed by atoms with E-state index in [1.807, 2.05) is 37.3 Å². The molecule has 0 radical (unpaired) electrons. The summed E-state index contributed by atoms with van der Waals surface area (Å²) in [7, 11) is 0. The molecule has 5 nitrogen and oxygen atoms in total. The summed E-state index contributed by atoms with van der Waals surface area (Å²) in [6, 6.07) is 11.5. The maximum atomic E-state index is 13.0. The van der Waals surface area contributed by atoms with Gasteiger partial charge in [0, 0.05) is 26.1 Å². The molecular weight excluding hydrogens is 328 g/mol. The maximum absolute atomic E-state index is 13.0. The molecule has 0 aliphatic heterocycles. The molecule has 0 atom stereocenters. The maximum Gasteiger partial charge on any atom is 0.257 e. The highest BCUT2D eigenvalue weighted by Gasteiger charge is 2.21. The van der Waals surface area contributed by atoms with Gasteiger partial charge in [0.25, 0.3) is 5.91 Å². The largest absolute Gasteiger partial charge is 0.466 e. The van der Waals surface area contributed by atoms with Gasteiger partial charge in [0.15, 0.2) is 0 Å². The zero-order valence-corrected chi connectivity index (χ0v) is 16.0. The Morgan fingerprint density at radius 1 is 1.15 bits per heavy atom. The van der Waals surface area contributed by atoms with Crippen LogP contribution < -0.4 is 5.32 Å². The van der Waals surface area contributed by atoms with Crippen molar-refractivity contribution in [3.05, 3.63) is 59.0 Å². The van der Waals surface area contributed by atoms with E-state index in [4.69, 9.17) is 4.42 Å². The highest BCUT2D eigenvalue weighted by molar-refractivity contribution is 5.95. The number of hydrogen-bond donors (Lipinski definition) is 1. The molecule has 0 saturated heterocycles. The summed E-state index contributed by atoms with van der Waals surface area (Å²) in [6.45, 7) is 9.18. The van der Waals surface area contributed by atoms with Gasteiger partial charge < -0.3 is 14.6 Å². The summed E-state index contributed by atoms with van der Waals surface area (Å²) >= 11 is 0. The van der Waals surface area contributed by atoms with Crippen LogP contribution in [0, 0.1) is 19.8 Å². The van der Waals surface area contributed by atoms with Gasteiger partial charge in [0.1, 0.15) is 11.5 Å². The normalized spacial score (nSPS) is 10.8. The molecule has 26 heavy (non-hydrogen) atoms. The van der Waals surface area contributed by atoms with E-state index >= 15 is 0 Å². The third kappa shape index (κ3) is 5.76. The minimum atomic E-state index is -0.111. The molecule has 2 rings (SSSR count). The summed E-state index contributed by atoms with van der Waals surface area (Å²) in [5, 5.41) is 2.90. The van der Waals surface area contributed by atoms with Crippen LogP contribution >= 0.6 is 0 Å². The minimum Gasteiger partial charge on any atom is -0.466 e. The second-order valence-electron chi connectivity index (χ2n) is 6.99. The first-order valence-electron chi connectivity index (χ1n) is 9.03. The van der Waals surface area contributed by atoms with E-state index in [9.17, 15) is 9.59 Å². The number of amides is 2. The van der Waals surface area contributed by atoms with Crippen molar-refractivity contribution in [2.45, 2.75) is 40.7 Å². The fourth-order valence-electron chi connectivity index (χ4n) is 2.71. The van der Waals surface area contributed by atoms with Crippen molar-refractivity contribution in [1.82, 2.24) is 10.2 Å². The molecular formula is C21H28N2O3. The number of nitrogens with zero attached hydrogens (tertiary/aromatic N) is 1. The zero-order chi connectivity index (χ0) is 19.1. The first kappa shape index (κ1) is 19.8. The average molecular weight is 356 g/mol. The lowest BCUT2D eigenvalue weighted by molar-refractivity contribution is -0.121. The lowest BCUT2D eigenvalue weighted by Gasteiger charge is -2.22. The van der Waals surface area contributed by atoms with Gasteiger partial charge in [-0.3, -0.25) is 9.59 Å². The second-order valence-corrected chi connectivity index (χ2v) is 6.99. The molecule has 0 aliphatic rings. The topological polar surface area (TPSA) is 62.6 Å². The quantitative estimate of drug-likeness (QED) is 0.784. The van der Waals surface area contributed by atoms with Crippen LogP contribution in [0.1, 0.15) is 47.7 Å². The standard InChI is InChI=1S/C21H28N2O3/c1-15(2)13-22-20(24)10-11-23(14-18-8-6-5-7-9-18)21(25)19-12-16(3)26-17(19)4/h5-9,12,15H,10-11,13-14H2,1-4H3,(H,22,24). The monoisotopic (exact) mass is 356 g/mol. The van der Waals surface area contributed by atoms with Gasteiger partial charge in [-0.15, -0.1) is 0 Å². The van der Waals surface area contributed by atoms with Crippen LogP contribution in [0.15, 0.2) is 40.8 Å². The van der Waals surface area contributed by atoms with Crippen LogP contribution in [0.25, 0.3) is 0 Å². The molecule has 0 unspecified atom stereocenters. The van der Waals surface area contributed by atoms with E-state index in [2.05, 4.69) is 19.2 Å². The molecule has 140 valence electrons. The predicted octanol–water partition coefficient (Wildman–Crippen LogP) is 3.70. The summed E-state index contributed by atoms with van der Waals surface area (Å²) < 4.78 is 5.50. The summed E-state index contributed by atoms with van der Waals surface area (Å²) in [4.78, 5) is 26.8. The average Bonchev–Trinajstić information content (AvgIpc) is 2.95. The molecule has 1 aromatic heterocycles. The Hall–Kier alpha value is -2.56. The van der Waals surface area contributed by atoms with E-state index in [0.29, 0.717) is 42.6 Å². The van der Waals surface area contributed by atoms with Gasteiger partial charge in [-0.2, -0.15) is 0 Å². The van der Waals surface area contributed by atoms with Crippen LogP contribution in [0.2, 0.25) is 0 Å². The molecule has 1 N–H and O–H groups in total. The summed E-state index contributed by atoms with van der Waals surface area (Å²) in [5.74, 6) is 1.57. The van der Waals surface area contributed by atoms with E-state index in [1.165, 1.54) is 0 Å². The molecule has 2 amide bonds. The smallest absolute Gasteiger partial charge is 0.257 e. The Morgan fingerprint density at radius 3 is 2.42 bits per heavy atom. The van der Waals surface area contributed by atoms with Gasteiger partial charge in [0.2, 0.25) is 5.91 Å². The first-order valence-corrected chi connectivity index (χ1v) is 9.03. The number of benzene rings is 1. The van der Waals surface area contributed by atoms with E-state index in [-0.39, 0.29) is 18.2 Å². The molecule has 0 fully saturated rings. The highest BCUT2D eigenvalue weighted by Crippen LogP contribution is 2.18. The Bertz CT molecular complexity index is 735. The third-order valence-corrected chi connectivity index (χ3v) is 4.09. The number of carbonyl (C=O) groups is 2. The zero-order valence-electron chi connectivity index (χ0n) is 16.0. The third-order valence-electron chi connectivity index (χ3n) is 4.09. The van der Waals surface area contributed by atoms with Crippen LogP contribution in [0.3, 0.4) is 0 Å². The molecule has 0 spiro atoms. The van der Waals surface area contributed by atoms with Gasteiger partial charge in [-0.25, -0.2) is 0 Å².